The topological polar surface area (TPSA) is 94.3 Å². The van der Waals surface area contributed by atoms with Crippen molar-refractivity contribution in [2.75, 3.05) is 7.05 Å². The molecule has 1 heterocycles. The van der Waals surface area contributed by atoms with Crippen molar-refractivity contribution in [3.05, 3.63) is 120 Å². The number of para-hydroxylation sites is 1. The number of nitrogens with one attached hydrogen (secondary N) is 3. The van der Waals surface area contributed by atoms with E-state index < -0.39 is 6.04 Å². The van der Waals surface area contributed by atoms with E-state index >= 15 is 0 Å². The number of rotatable bonds is 9. The van der Waals surface area contributed by atoms with Gasteiger partial charge in [0.25, 0.3) is 5.91 Å². The van der Waals surface area contributed by atoms with Crippen LogP contribution < -0.4 is 10.6 Å². The van der Waals surface area contributed by atoms with Crippen LogP contribution in [0.5, 0.6) is 0 Å². The molecule has 7 nitrogen and oxygen atoms in total. The van der Waals surface area contributed by atoms with E-state index in [2.05, 4.69) is 39.9 Å². The van der Waals surface area contributed by atoms with E-state index in [9.17, 15) is 14.4 Å². The smallest absolute Gasteiger partial charge is 0.253 e. The second kappa shape index (κ2) is 12.2. The van der Waals surface area contributed by atoms with Crippen LogP contribution in [-0.2, 0) is 22.6 Å². The molecule has 5 atom stereocenters. The molecule has 7 rings (SSSR count). The van der Waals surface area contributed by atoms with Gasteiger partial charge in [0.1, 0.15) is 6.04 Å². The van der Waals surface area contributed by atoms with Crippen molar-refractivity contribution in [3.8, 4) is 0 Å². The third kappa shape index (κ3) is 5.82. The zero-order valence-corrected chi connectivity index (χ0v) is 25.4. The van der Waals surface area contributed by atoms with Crippen molar-refractivity contribution in [2.45, 2.75) is 44.3 Å². The van der Waals surface area contributed by atoms with E-state index in [1.165, 1.54) is 0 Å². The summed E-state index contributed by atoms with van der Waals surface area (Å²) in [6.45, 7) is 0.446. The van der Waals surface area contributed by atoms with Gasteiger partial charge in [0.15, 0.2) is 0 Å². The van der Waals surface area contributed by atoms with Gasteiger partial charge in [-0.1, -0.05) is 91.0 Å². The predicted molar refractivity (Wildman–Crippen MR) is 176 cm³/mol. The molecule has 0 aliphatic heterocycles. The molecule has 1 aromatic heterocycles. The van der Waals surface area contributed by atoms with Gasteiger partial charge in [-0.25, -0.2) is 0 Å². The highest BCUT2D eigenvalue weighted by Crippen LogP contribution is 2.48. The number of fused-ring (bicyclic) bond motifs is 4. The Morgan fingerprint density at radius 2 is 1.58 bits per heavy atom. The van der Waals surface area contributed by atoms with Gasteiger partial charge in [0.05, 0.1) is 11.5 Å². The molecule has 0 spiro atoms. The summed E-state index contributed by atoms with van der Waals surface area (Å²) < 4.78 is 0. The predicted octanol–water partition coefficient (Wildman–Crippen LogP) is 5.85. The van der Waals surface area contributed by atoms with Crippen LogP contribution in [-0.4, -0.2) is 46.7 Å². The van der Waals surface area contributed by atoms with Crippen molar-refractivity contribution < 1.29 is 14.4 Å². The third-order valence-corrected chi connectivity index (χ3v) is 9.86. The van der Waals surface area contributed by atoms with E-state index in [1.807, 2.05) is 72.8 Å². The quantitative estimate of drug-likeness (QED) is 0.199. The van der Waals surface area contributed by atoms with Crippen LogP contribution in [0, 0.1) is 17.8 Å². The number of carbonyl (C=O) groups excluding carboxylic acids is 3. The molecular formula is C38H38N4O3. The Labute approximate surface area is 263 Å². The Balaban J connectivity index is 1.13. The first-order valence-electron chi connectivity index (χ1n) is 15.9. The summed E-state index contributed by atoms with van der Waals surface area (Å²) in [5.41, 5.74) is 3.49. The highest BCUT2D eigenvalue weighted by atomic mass is 16.2. The molecule has 4 aromatic carbocycles. The summed E-state index contributed by atoms with van der Waals surface area (Å²) in [6.07, 6.45) is 4.98. The second-order valence-electron chi connectivity index (χ2n) is 12.7. The SMILES string of the molecule is CN(Cc1ccccc1)C(=O)[C@H](Cc1ccc2ccccc2c1)NC(=O)[C@H]1[C@@H]2CC[C@@H](C2)[C@H]1NC(=O)c1c[nH]c2ccccc12. The number of nitrogens with zero attached hydrogens (tertiary/aromatic N) is 1. The van der Waals surface area contributed by atoms with E-state index in [0.29, 0.717) is 18.5 Å². The summed E-state index contributed by atoms with van der Waals surface area (Å²) in [7, 11) is 1.79. The number of benzene rings is 4. The monoisotopic (exact) mass is 598 g/mol. The fraction of sp³-hybridized carbons (Fsp3) is 0.289. The molecule has 2 aliphatic carbocycles. The molecule has 3 N–H and O–H groups in total. The zero-order valence-electron chi connectivity index (χ0n) is 25.4. The van der Waals surface area contributed by atoms with Crippen LogP contribution in [0.15, 0.2) is 103 Å². The lowest BCUT2D eigenvalue weighted by Gasteiger charge is -2.33. The molecular weight excluding hydrogens is 560 g/mol. The second-order valence-corrected chi connectivity index (χ2v) is 12.7. The number of H-pyrrole nitrogens is 1. The third-order valence-electron chi connectivity index (χ3n) is 9.86. The Hall–Kier alpha value is -4.91. The number of carbonyl (C=O) groups is 3. The molecule has 7 heteroatoms. The number of amides is 3. The first-order valence-corrected chi connectivity index (χ1v) is 15.9. The standard InChI is InChI=1S/C38H38N4O3/c1-42(23-24-9-3-2-4-10-24)38(45)33(20-25-15-16-26-11-5-6-12-27(26)19-25)40-37(44)34-28-17-18-29(21-28)35(34)41-36(43)31-22-39-32-14-8-7-13-30(31)32/h2-16,19,22,28-29,33-35,39H,17-18,20-21,23H2,1H3,(H,40,44)(H,41,43)/t28-,29+,33+,34+,35-/m1/s1. The lowest BCUT2D eigenvalue weighted by molar-refractivity contribution is -0.137. The van der Waals surface area contributed by atoms with Gasteiger partial charge in [-0.15, -0.1) is 0 Å². The summed E-state index contributed by atoms with van der Waals surface area (Å²) in [4.78, 5) is 46.6. The van der Waals surface area contributed by atoms with Crippen molar-refractivity contribution in [1.29, 1.82) is 0 Å². The first kappa shape index (κ1) is 28.8. The maximum atomic E-state index is 14.2. The number of aromatic amines is 1. The number of likely N-dealkylation sites (N-methyl/N-ethyl adjacent to an activating group) is 1. The van der Waals surface area contributed by atoms with Gasteiger partial charge in [-0.05, 0) is 59.1 Å². The molecule has 2 aliphatic rings. The van der Waals surface area contributed by atoms with Crippen molar-refractivity contribution in [1.82, 2.24) is 20.5 Å². The first-order chi connectivity index (χ1) is 21.9. The van der Waals surface area contributed by atoms with Crippen LogP contribution in [0.3, 0.4) is 0 Å². The van der Waals surface area contributed by atoms with Gasteiger partial charge in [-0.3, -0.25) is 14.4 Å². The van der Waals surface area contributed by atoms with Crippen LogP contribution in [0.1, 0.15) is 40.7 Å². The van der Waals surface area contributed by atoms with Gasteiger partial charge >= 0.3 is 0 Å². The molecule has 45 heavy (non-hydrogen) atoms. The highest BCUT2D eigenvalue weighted by Gasteiger charge is 2.52. The van der Waals surface area contributed by atoms with E-state index in [1.54, 1.807) is 18.1 Å². The molecule has 0 unspecified atom stereocenters. The fourth-order valence-corrected chi connectivity index (χ4v) is 7.64. The maximum Gasteiger partial charge on any atom is 0.253 e. The Kier molecular flexibility index (Phi) is 7.84. The van der Waals surface area contributed by atoms with E-state index in [-0.39, 0.29) is 41.5 Å². The van der Waals surface area contributed by atoms with Crippen LogP contribution in [0.4, 0.5) is 0 Å². The molecule has 0 saturated heterocycles. The van der Waals surface area contributed by atoms with E-state index in [0.717, 1.165) is 52.1 Å². The van der Waals surface area contributed by atoms with Crippen molar-refractivity contribution >= 4 is 39.4 Å². The fourth-order valence-electron chi connectivity index (χ4n) is 7.64. The van der Waals surface area contributed by atoms with E-state index in [4.69, 9.17) is 0 Å². The molecule has 2 bridgehead atoms. The minimum absolute atomic E-state index is 0.136. The molecule has 3 amide bonds. The molecule has 228 valence electrons. The number of aromatic nitrogens is 1. The molecule has 5 aromatic rings. The van der Waals surface area contributed by atoms with Gasteiger partial charge in [-0.2, -0.15) is 0 Å². The van der Waals surface area contributed by atoms with Crippen molar-refractivity contribution in [2.24, 2.45) is 17.8 Å². The van der Waals surface area contributed by atoms with Crippen LogP contribution >= 0.6 is 0 Å². The minimum Gasteiger partial charge on any atom is -0.360 e. The lowest BCUT2D eigenvalue weighted by atomic mass is 9.83. The zero-order chi connectivity index (χ0) is 30.9. The summed E-state index contributed by atoms with van der Waals surface area (Å²) >= 11 is 0. The molecule has 2 saturated carbocycles. The highest BCUT2D eigenvalue weighted by molar-refractivity contribution is 6.07. The summed E-state index contributed by atoms with van der Waals surface area (Å²) in [5, 5.41) is 9.52. The van der Waals surface area contributed by atoms with Crippen molar-refractivity contribution in [3.63, 3.8) is 0 Å². The lowest BCUT2D eigenvalue weighted by Crippen LogP contribution is -2.55. The summed E-state index contributed by atoms with van der Waals surface area (Å²) in [6, 6.07) is 30.9. The average molecular weight is 599 g/mol. The maximum absolute atomic E-state index is 14.2. The Morgan fingerprint density at radius 1 is 0.844 bits per heavy atom. The Morgan fingerprint density at radius 3 is 2.42 bits per heavy atom. The average Bonchev–Trinajstić information content (AvgIpc) is 3.80. The van der Waals surface area contributed by atoms with Crippen LogP contribution in [0.25, 0.3) is 21.7 Å². The molecule has 2 fully saturated rings. The van der Waals surface area contributed by atoms with Gasteiger partial charge in [0.2, 0.25) is 11.8 Å². The number of hydrogen-bond acceptors (Lipinski definition) is 3. The molecule has 0 radical (unpaired) electrons. The normalized spacial score (nSPS) is 21.1. The van der Waals surface area contributed by atoms with Crippen LogP contribution in [0.2, 0.25) is 0 Å². The summed E-state index contributed by atoms with van der Waals surface area (Å²) in [5.74, 6) is -0.419. The Bertz CT molecular complexity index is 1870. The number of hydrogen-bond donors (Lipinski definition) is 3. The van der Waals surface area contributed by atoms with Gasteiger partial charge in [0, 0.05) is 43.2 Å². The largest absolute Gasteiger partial charge is 0.360 e. The minimum atomic E-state index is -0.739. The van der Waals surface area contributed by atoms with Gasteiger partial charge < -0.3 is 20.5 Å².